The Labute approximate surface area is 119 Å². The molecule has 1 aromatic heterocycles. The SMILES string of the molecule is c1cc2c(c(-n3nncc3CNC3CC3)c1)CCCC2. The smallest absolute Gasteiger partial charge is 0.0783 e. The zero-order valence-electron chi connectivity index (χ0n) is 11.7. The first-order chi connectivity index (χ1) is 9.92. The second kappa shape index (κ2) is 5.02. The highest BCUT2D eigenvalue weighted by atomic mass is 15.4. The van der Waals surface area contributed by atoms with E-state index in [0.29, 0.717) is 6.04 Å². The number of aryl methyl sites for hydroxylation is 1. The van der Waals surface area contributed by atoms with E-state index in [1.807, 2.05) is 10.9 Å². The summed E-state index contributed by atoms with van der Waals surface area (Å²) in [5, 5.41) is 12.0. The average Bonchev–Trinajstić information content (AvgIpc) is 3.21. The van der Waals surface area contributed by atoms with E-state index in [4.69, 9.17) is 0 Å². The standard InChI is InChI=1S/C16H20N4/c1-2-6-15-12(4-1)5-3-7-16(15)20-14(11-18-19-20)10-17-13-8-9-13/h3,5,7,11,13,17H,1-2,4,6,8-10H2. The highest BCUT2D eigenvalue weighted by Gasteiger charge is 2.22. The van der Waals surface area contributed by atoms with Crippen LogP contribution in [0, 0.1) is 0 Å². The first-order valence-electron chi connectivity index (χ1n) is 7.66. The molecule has 0 saturated heterocycles. The van der Waals surface area contributed by atoms with Crippen LogP contribution in [0.4, 0.5) is 0 Å². The summed E-state index contributed by atoms with van der Waals surface area (Å²) in [7, 11) is 0. The van der Waals surface area contributed by atoms with Crippen LogP contribution in [-0.2, 0) is 19.4 Å². The van der Waals surface area contributed by atoms with E-state index in [9.17, 15) is 0 Å². The molecule has 4 heteroatoms. The maximum Gasteiger partial charge on any atom is 0.0783 e. The van der Waals surface area contributed by atoms with Crippen LogP contribution in [-0.4, -0.2) is 21.0 Å². The minimum atomic E-state index is 0.711. The Morgan fingerprint density at radius 2 is 2.10 bits per heavy atom. The van der Waals surface area contributed by atoms with E-state index >= 15 is 0 Å². The molecule has 2 aromatic rings. The number of nitrogens with one attached hydrogen (secondary N) is 1. The van der Waals surface area contributed by atoms with Crippen molar-refractivity contribution in [3.8, 4) is 5.69 Å². The van der Waals surface area contributed by atoms with Crippen LogP contribution in [0.5, 0.6) is 0 Å². The van der Waals surface area contributed by atoms with Crippen LogP contribution in [0.1, 0.15) is 42.5 Å². The maximum absolute atomic E-state index is 4.32. The lowest BCUT2D eigenvalue weighted by molar-refractivity contribution is 0.636. The van der Waals surface area contributed by atoms with E-state index < -0.39 is 0 Å². The summed E-state index contributed by atoms with van der Waals surface area (Å²) in [4.78, 5) is 0. The first-order valence-corrected chi connectivity index (χ1v) is 7.66. The highest BCUT2D eigenvalue weighted by Crippen LogP contribution is 2.27. The Morgan fingerprint density at radius 1 is 1.20 bits per heavy atom. The molecule has 2 aliphatic carbocycles. The molecule has 4 nitrogen and oxygen atoms in total. The minimum absolute atomic E-state index is 0.711. The second-order valence-electron chi connectivity index (χ2n) is 5.91. The van der Waals surface area contributed by atoms with E-state index in [1.165, 1.54) is 55.3 Å². The molecule has 0 aliphatic heterocycles. The van der Waals surface area contributed by atoms with Gasteiger partial charge in [0.05, 0.1) is 17.6 Å². The number of aromatic nitrogens is 3. The van der Waals surface area contributed by atoms with Gasteiger partial charge in [0.15, 0.2) is 0 Å². The van der Waals surface area contributed by atoms with Crippen molar-refractivity contribution in [2.75, 3.05) is 0 Å². The molecule has 0 bridgehead atoms. The summed E-state index contributed by atoms with van der Waals surface area (Å²) < 4.78 is 2.03. The molecule has 0 unspecified atom stereocenters. The van der Waals surface area contributed by atoms with Crippen molar-refractivity contribution < 1.29 is 0 Å². The Kier molecular flexibility index (Phi) is 3.03. The Bertz CT molecular complexity index is 613. The van der Waals surface area contributed by atoms with Gasteiger partial charge in [-0.05, 0) is 55.7 Å². The molecule has 0 amide bonds. The van der Waals surface area contributed by atoms with Gasteiger partial charge in [-0.2, -0.15) is 0 Å². The number of nitrogens with zero attached hydrogens (tertiary/aromatic N) is 3. The normalized spacial score (nSPS) is 18.0. The van der Waals surface area contributed by atoms with Crippen LogP contribution in [0.3, 0.4) is 0 Å². The van der Waals surface area contributed by atoms with E-state index in [-0.39, 0.29) is 0 Å². The fraction of sp³-hybridized carbons (Fsp3) is 0.500. The van der Waals surface area contributed by atoms with E-state index in [0.717, 1.165) is 12.2 Å². The quantitative estimate of drug-likeness (QED) is 0.926. The molecule has 1 fully saturated rings. The number of hydrogen-bond acceptors (Lipinski definition) is 3. The van der Waals surface area contributed by atoms with Gasteiger partial charge in [0, 0.05) is 12.6 Å². The Hall–Kier alpha value is -1.68. The number of fused-ring (bicyclic) bond motifs is 1. The molecule has 2 aliphatic rings. The van der Waals surface area contributed by atoms with Gasteiger partial charge in [0.25, 0.3) is 0 Å². The Balaban J connectivity index is 1.68. The lowest BCUT2D eigenvalue weighted by Gasteiger charge is -2.19. The van der Waals surface area contributed by atoms with Crippen LogP contribution in [0.2, 0.25) is 0 Å². The van der Waals surface area contributed by atoms with Crippen LogP contribution < -0.4 is 5.32 Å². The molecule has 0 spiro atoms. The molecule has 4 rings (SSSR count). The number of benzene rings is 1. The molecule has 0 radical (unpaired) electrons. The van der Waals surface area contributed by atoms with Crippen molar-refractivity contribution in [2.24, 2.45) is 0 Å². The summed E-state index contributed by atoms with van der Waals surface area (Å²) >= 11 is 0. The summed E-state index contributed by atoms with van der Waals surface area (Å²) in [6, 6.07) is 7.30. The van der Waals surface area contributed by atoms with Crippen molar-refractivity contribution in [1.82, 2.24) is 20.3 Å². The summed E-state index contributed by atoms with van der Waals surface area (Å²) in [6.07, 6.45) is 9.47. The topological polar surface area (TPSA) is 42.7 Å². The lowest BCUT2D eigenvalue weighted by Crippen LogP contribution is -2.19. The molecule has 20 heavy (non-hydrogen) atoms. The molecular formula is C16H20N4. The number of hydrogen-bond donors (Lipinski definition) is 1. The van der Waals surface area contributed by atoms with Crippen LogP contribution >= 0.6 is 0 Å². The molecule has 1 aromatic carbocycles. The third-order valence-corrected chi connectivity index (χ3v) is 4.37. The van der Waals surface area contributed by atoms with Crippen LogP contribution in [0.25, 0.3) is 5.69 Å². The van der Waals surface area contributed by atoms with Crippen LogP contribution in [0.15, 0.2) is 24.4 Å². The summed E-state index contributed by atoms with van der Waals surface area (Å²) in [5.41, 5.74) is 5.35. The number of rotatable bonds is 4. The van der Waals surface area contributed by atoms with Gasteiger partial charge in [-0.1, -0.05) is 17.3 Å². The summed E-state index contributed by atoms with van der Waals surface area (Å²) in [5.74, 6) is 0. The average molecular weight is 268 g/mol. The Morgan fingerprint density at radius 3 is 3.00 bits per heavy atom. The van der Waals surface area contributed by atoms with E-state index in [2.05, 4.69) is 33.8 Å². The second-order valence-corrected chi connectivity index (χ2v) is 5.91. The molecule has 104 valence electrons. The van der Waals surface area contributed by atoms with Gasteiger partial charge >= 0.3 is 0 Å². The van der Waals surface area contributed by atoms with Crippen molar-refractivity contribution in [2.45, 2.75) is 51.1 Å². The highest BCUT2D eigenvalue weighted by molar-refractivity contribution is 5.47. The lowest BCUT2D eigenvalue weighted by atomic mass is 9.90. The third-order valence-electron chi connectivity index (χ3n) is 4.37. The van der Waals surface area contributed by atoms with Gasteiger partial charge in [0.2, 0.25) is 0 Å². The monoisotopic (exact) mass is 268 g/mol. The predicted octanol–water partition coefficient (Wildman–Crippen LogP) is 2.40. The molecular weight excluding hydrogens is 248 g/mol. The predicted molar refractivity (Wildman–Crippen MR) is 77.9 cm³/mol. The third kappa shape index (κ3) is 2.24. The van der Waals surface area contributed by atoms with Gasteiger partial charge in [-0.15, -0.1) is 5.10 Å². The first kappa shape index (κ1) is 12.1. The van der Waals surface area contributed by atoms with Gasteiger partial charge in [0.1, 0.15) is 0 Å². The fourth-order valence-corrected chi connectivity index (χ4v) is 3.08. The van der Waals surface area contributed by atoms with Gasteiger partial charge < -0.3 is 5.32 Å². The van der Waals surface area contributed by atoms with Crippen molar-refractivity contribution in [3.05, 3.63) is 41.2 Å². The zero-order valence-corrected chi connectivity index (χ0v) is 11.7. The van der Waals surface area contributed by atoms with Crippen molar-refractivity contribution >= 4 is 0 Å². The minimum Gasteiger partial charge on any atom is -0.308 e. The van der Waals surface area contributed by atoms with Crippen molar-refractivity contribution in [1.29, 1.82) is 0 Å². The van der Waals surface area contributed by atoms with Gasteiger partial charge in [-0.25, -0.2) is 4.68 Å². The molecule has 1 N–H and O–H groups in total. The van der Waals surface area contributed by atoms with Gasteiger partial charge in [-0.3, -0.25) is 0 Å². The largest absolute Gasteiger partial charge is 0.308 e. The van der Waals surface area contributed by atoms with Crippen molar-refractivity contribution in [3.63, 3.8) is 0 Å². The summed E-state index contributed by atoms with van der Waals surface area (Å²) in [6.45, 7) is 0.862. The molecule has 1 saturated carbocycles. The zero-order chi connectivity index (χ0) is 13.4. The molecule has 1 heterocycles. The van der Waals surface area contributed by atoms with E-state index in [1.54, 1.807) is 0 Å². The fourth-order valence-electron chi connectivity index (χ4n) is 3.08. The molecule has 0 atom stereocenters. The maximum atomic E-state index is 4.32.